The van der Waals surface area contributed by atoms with Crippen molar-refractivity contribution in [2.45, 2.75) is 13.3 Å². The number of anilines is 1. The highest BCUT2D eigenvalue weighted by atomic mass is 16.4. The Morgan fingerprint density at radius 1 is 1.17 bits per heavy atom. The van der Waals surface area contributed by atoms with E-state index in [1.165, 1.54) is 12.1 Å². The highest BCUT2D eigenvalue weighted by Crippen LogP contribution is 2.17. The molecule has 0 fully saturated rings. The zero-order valence-corrected chi connectivity index (χ0v) is 14.0. The summed E-state index contributed by atoms with van der Waals surface area (Å²) < 4.78 is 0. The van der Waals surface area contributed by atoms with E-state index in [0.29, 0.717) is 5.69 Å². The molecular formula is C18H21N3O3. The maximum atomic E-state index is 12.4. The smallest absolute Gasteiger partial charge is 0.337 e. The summed E-state index contributed by atoms with van der Waals surface area (Å²) >= 11 is 0. The van der Waals surface area contributed by atoms with Crippen LogP contribution < -0.4 is 5.32 Å². The fourth-order valence-corrected chi connectivity index (χ4v) is 2.30. The summed E-state index contributed by atoms with van der Waals surface area (Å²) in [5, 5.41) is 11.9. The van der Waals surface area contributed by atoms with Crippen molar-refractivity contribution < 1.29 is 14.7 Å². The van der Waals surface area contributed by atoms with E-state index < -0.39 is 5.97 Å². The Labute approximate surface area is 141 Å². The first-order chi connectivity index (χ1) is 11.4. The summed E-state index contributed by atoms with van der Waals surface area (Å²) in [7, 11) is 4.00. The minimum Gasteiger partial charge on any atom is -0.478 e. The maximum absolute atomic E-state index is 12.4. The van der Waals surface area contributed by atoms with Gasteiger partial charge in [-0.25, -0.2) is 9.78 Å². The molecule has 2 N–H and O–H groups in total. The number of aryl methyl sites for hydroxylation is 1. The fourth-order valence-electron chi connectivity index (χ4n) is 2.30. The lowest BCUT2D eigenvalue weighted by atomic mass is 10.1. The van der Waals surface area contributed by atoms with Crippen LogP contribution in [0.25, 0.3) is 0 Å². The van der Waals surface area contributed by atoms with Crippen LogP contribution in [-0.2, 0) is 6.42 Å². The first-order valence-electron chi connectivity index (χ1n) is 7.63. The van der Waals surface area contributed by atoms with Gasteiger partial charge < -0.3 is 15.3 Å². The molecule has 2 rings (SSSR count). The van der Waals surface area contributed by atoms with E-state index in [-0.39, 0.29) is 17.2 Å². The van der Waals surface area contributed by atoms with Gasteiger partial charge in [-0.2, -0.15) is 0 Å². The number of amides is 1. The van der Waals surface area contributed by atoms with E-state index in [0.717, 1.165) is 24.2 Å². The maximum Gasteiger partial charge on any atom is 0.337 e. The standard InChI is InChI=1S/C18H21N3O3/c1-12-14(18(23)24)8-9-16(19-12)17(22)20-15-7-5-4-6-13(15)10-11-21(2)3/h4-9H,10-11H2,1-3H3,(H,20,22)(H,23,24). The minimum atomic E-state index is -1.05. The summed E-state index contributed by atoms with van der Waals surface area (Å²) in [5.74, 6) is -1.41. The monoisotopic (exact) mass is 327 g/mol. The molecule has 6 heteroatoms. The van der Waals surface area contributed by atoms with Crippen molar-refractivity contribution in [3.8, 4) is 0 Å². The van der Waals surface area contributed by atoms with Crippen molar-refractivity contribution in [3.63, 3.8) is 0 Å². The normalized spacial score (nSPS) is 10.7. The third-order valence-corrected chi connectivity index (χ3v) is 3.64. The number of rotatable bonds is 6. The van der Waals surface area contributed by atoms with Crippen molar-refractivity contribution in [2.75, 3.05) is 26.0 Å². The number of hydrogen-bond acceptors (Lipinski definition) is 4. The van der Waals surface area contributed by atoms with Crippen LogP contribution in [0, 0.1) is 6.92 Å². The predicted octanol–water partition coefficient (Wildman–Crippen LogP) is 2.44. The summed E-state index contributed by atoms with van der Waals surface area (Å²) in [6.45, 7) is 2.45. The second-order valence-electron chi connectivity index (χ2n) is 5.80. The summed E-state index contributed by atoms with van der Waals surface area (Å²) in [4.78, 5) is 29.6. The molecule has 0 saturated carbocycles. The van der Waals surface area contributed by atoms with E-state index in [2.05, 4.69) is 15.2 Å². The molecule has 126 valence electrons. The Morgan fingerprint density at radius 2 is 1.88 bits per heavy atom. The molecule has 1 aromatic carbocycles. The van der Waals surface area contributed by atoms with Gasteiger partial charge in [0.1, 0.15) is 5.69 Å². The van der Waals surface area contributed by atoms with Gasteiger partial charge in [0.25, 0.3) is 5.91 Å². The first-order valence-corrected chi connectivity index (χ1v) is 7.63. The Balaban J connectivity index is 2.18. The third-order valence-electron chi connectivity index (χ3n) is 3.64. The topological polar surface area (TPSA) is 82.5 Å². The van der Waals surface area contributed by atoms with Gasteiger partial charge in [-0.1, -0.05) is 18.2 Å². The van der Waals surface area contributed by atoms with E-state index >= 15 is 0 Å². The number of benzene rings is 1. The Kier molecular flexibility index (Phi) is 5.65. The van der Waals surface area contributed by atoms with Gasteiger partial charge in [-0.15, -0.1) is 0 Å². The van der Waals surface area contributed by atoms with E-state index in [1.807, 2.05) is 38.4 Å². The van der Waals surface area contributed by atoms with Crippen LogP contribution in [0.15, 0.2) is 36.4 Å². The summed E-state index contributed by atoms with van der Waals surface area (Å²) in [5.41, 5.74) is 2.39. The number of nitrogens with one attached hydrogen (secondary N) is 1. The zero-order chi connectivity index (χ0) is 17.7. The van der Waals surface area contributed by atoms with Gasteiger partial charge in [-0.05, 0) is 51.2 Å². The molecule has 0 radical (unpaired) electrons. The van der Waals surface area contributed by atoms with Crippen molar-refractivity contribution in [1.29, 1.82) is 0 Å². The quantitative estimate of drug-likeness (QED) is 0.851. The van der Waals surface area contributed by atoms with Gasteiger partial charge in [0.15, 0.2) is 0 Å². The van der Waals surface area contributed by atoms with Gasteiger partial charge in [0.2, 0.25) is 0 Å². The number of carboxylic acid groups (broad SMARTS) is 1. The lowest BCUT2D eigenvalue weighted by Gasteiger charge is -2.14. The predicted molar refractivity (Wildman–Crippen MR) is 92.6 cm³/mol. The van der Waals surface area contributed by atoms with Crippen molar-refractivity contribution in [3.05, 3.63) is 58.9 Å². The van der Waals surface area contributed by atoms with E-state index in [4.69, 9.17) is 5.11 Å². The van der Waals surface area contributed by atoms with Crippen LogP contribution in [0.4, 0.5) is 5.69 Å². The number of nitrogens with zero attached hydrogens (tertiary/aromatic N) is 2. The molecular weight excluding hydrogens is 306 g/mol. The molecule has 0 saturated heterocycles. The van der Waals surface area contributed by atoms with Crippen LogP contribution in [-0.4, -0.2) is 47.5 Å². The second-order valence-corrected chi connectivity index (χ2v) is 5.80. The average molecular weight is 327 g/mol. The number of aromatic carboxylic acids is 1. The fraction of sp³-hybridized carbons (Fsp3) is 0.278. The molecule has 2 aromatic rings. The molecule has 0 atom stereocenters. The summed E-state index contributed by atoms with van der Waals surface area (Å²) in [6, 6.07) is 10.4. The molecule has 0 unspecified atom stereocenters. The van der Waals surface area contributed by atoms with Crippen LogP contribution in [0.1, 0.15) is 32.1 Å². The van der Waals surface area contributed by atoms with Crippen LogP contribution >= 0.6 is 0 Å². The Hall–Kier alpha value is -2.73. The number of para-hydroxylation sites is 1. The largest absolute Gasteiger partial charge is 0.478 e. The Morgan fingerprint density at radius 3 is 2.50 bits per heavy atom. The molecule has 0 aliphatic carbocycles. The van der Waals surface area contributed by atoms with E-state index in [9.17, 15) is 9.59 Å². The number of hydrogen-bond donors (Lipinski definition) is 2. The number of aromatic nitrogens is 1. The second kappa shape index (κ2) is 7.70. The molecule has 0 aliphatic heterocycles. The lowest BCUT2D eigenvalue weighted by Crippen LogP contribution is -2.18. The SMILES string of the molecule is Cc1nc(C(=O)Nc2ccccc2CCN(C)C)ccc1C(=O)O. The molecule has 1 heterocycles. The number of likely N-dealkylation sites (N-methyl/N-ethyl adjacent to an activating group) is 1. The molecule has 0 bridgehead atoms. The van der Waals surface area contributed by atoms with Crippen molar-refractivity contribution >= 4 is 17.6 Å². The average Bonchev–Trinajstić information content (AvgIpc) is 2.53. The molecule has 24 heavy (non-hydrogen) atoms. The molecule has 6 nitrogen and oxygen atoms in total. The van der Waals surface area contributed by atoms with Gasteiger partial charge in [-0.3, -0.25) is 4.79 Å². The van der Waals surface area contributed by atoms with Gasteiger partial charge in [0.05, 0.1) is 11.3 Å². The van der Waals surface area contributed by atoms with Crippen molar-refractivity contribution in [1.82, 2.24) is 9.88 Å². The van der Waals surface area contributed by atoms with Crippen molar-refractivity contribution in [2.24, 2.45) is 0 Å². The van der Waals surface area contributed by atoms with Crippen LogP contribution in [0.2, 0.25) is 0 Å². The lowest BCUT2D eigenvalue weighted by molar-refractivity contribution is 0.0695. The number of carbonyl (C=O) groups is 2. The number of carboxylic acids is 1. The number of pyridine rings is 1. The van der Waals surface area contributed by atoms with Gasteiger partial charge in [0, 0.05) is 12.2 Å². The van der Waals surface area contributed by atoms with Crippen LogP contribution in [0.3, 0.4) is 0 Å². The Bertz CT molecular complexity index is 757. The first kappa shape index (κ1) is 17.6. The summed E-state index contributed by atoms with van der Waals surface area (Å²) in [6.07, 6.45) is 0.813. The minimum absolute atomic E-state index is 0.0953. The molecule has 0 aliphatic rings. The van der Waals surface area contributed by atoms with E-state index in [1.54, 1.807) is 6.92 Å². The number of carbonyl (C=O) groups excluding carboxylic acids is 1. The molecule has 0 spiro atoms. The molecule has 1 amide bonds. The molecule has 1 aromatic heterocycles. The zero-order valence-electron chi connectivity index (χ0n) is 14.0. The van der Waals surface area contributed by atoms with Crippen LogP contribution in [0.5, 0.6) is 0 Å². The van der Waals surface area contributed by atoms with Gasteiger partial charge >= 0.3 is 5.97 Å². The highest BCUT2D eigenvalue weighted by molar-refractivity contribution is 6.03. The third kappa shape index (κ3) is 4.39. The highest BCUT2D eigenvalue weighted by Gasteiger charge is 2.14.